The monoisotopic (exact) mass is 413 g/mol. The Morgan fingerprint density at radius 1 is 1.03 bits per heavy atom. The van der Waals surface area contributed by atoms with Crippen molar-refractivity contribution < 1.29 is 9.90 Å². The van der Waals surface area contributed by atoms with Gasteiger partial charge in [-0.25, -0.2) is 0 Å². The van der Waals surface area contributed by atoms with Gasteiger partial charge in [-0.15, -0.1) is 0 Å². The molecule has 1 aliphatic heterocycles. The number of aliphatic imine (C=N–C) groups is 1. The lowest BCUT2D eigenvalue weighted by Crippen LogP contribution is -2.27. The third-order valence-corrected chi connectivity index (χ3v) is 5.54. The molecule has 0 saturated carbocycles. The van der Waals surface area contributed by atoms with Crippen LogP contribution in [0.1, 0.15) is 27.9 Å². The second kappa shape index (κ2) is 9.14. The van der Waals surface area contributed by atoms with Crippen LogP contribution in [0, 0.1) is 5.92 Å². The summed E-state index contributed by atoms with van der Waals surface area (Å²) in [5.41, 5.74) is 5.96. The lowest BCUT2D eigenvalue weighted by molar-refractivity contribution is 0.0952. The number of hydrogen-bond donors (Lipinski definition) is 2. The fraction of sp³-hybridized carbons (Fsp3) is 0.231. The summed E-state index contributed by atoms with van der Waals surface area (Å²) in [7, 11) is 4.05. The summed E-state index contributed by atoms with van der Waals surface area (Å²) in [4.78, 5) is 19.1. The number of hydrogen-bond acceptors (Lipinski definition) is 4. The van der Waals surface area contributed by atoms with Crippen molar-refractivity contribution in [3.63, 3.8) is 0 Å². The first-order chi connectivity index (χ1) is 15.0. The zero-order valence-electron chi connectivity index (χ0n) is 17.9. The van der Waals surface area contributed by atoms with Crippen molar-refractivity contribution in [2.24, 2.45) is 10.9 Å². The van der Waals surface area contributed by atoms with Gasteiger partial charge in [0.05, 0.1) is 5.70 Å². The van der Waals surface area contributed by atoms with Gasteiger partial charge in [0.2, 0.25) is 0 Å². The average molecular weight is 414 g/mol. The van der Waals surface area contributed by atoms with E-state index in [0.29, 0.717) is 12.1 Å². The van der Waals surface area contributed by atoms with Gasteiger partial charge in [0.25, 0.3) is 5.91 Å². The van der Waals surface area contributed by atoms with Crippen LogP contribution in [0.25, 0.3) is 11.3 Å². The molecule has 1 atom stereocenters. The summed E-state index contributed by atoms with van der Waals surface area (Å²) < 4.78 is 0. The first kappa shape index (κ1) is 20.8. The zero-order chi connectivity index (χ0) is 21.8. The molecule has 0 spiro atoms. The molecular formula is C26H27N3O2. The highest BCUT2D eigenvalue weighted by Gasteiger charge is 2.25. The fourth-order valence-electron chi connectivity index (χ4n) is 3.82. The van der Waals surface area contributed by atoms with E-state index in [-0.39, 0.29) is 17.6 Å². The van der Waals surface area contributed by atoms with Crippen LogP contribution < -0.4 is 5.32 Å². The Morgan fingerprint density at radius 2 is 1.74 bits per heavy atom. The zero-order valence-corrected chi connectivity index (χ0v) is 17.9. The molecule has 1 unspecified atom stereocenters. The maximum absolute atomic E-state index is 12.3. The van der Waals surface area contributed by atoms with Crippen LogP contribution in [0.15, 0.2) is 77.3 Å². The van der Waals surface area contributed by atoms with Gasteiger partial charge >= 0.3 is 0 Å². The smallest absolute Gasteiger partial charge is 0.251 e. The summed E-state index contributed by atoms with van der Waals surface area (Å²) in [6.07, 6.45) is 9.20. The number of nitrogens with one attached hydrogen (secondary N) is 1. The van der Waals surface area contributed by atoms with Crippen molar-refractivity contribution >= 4 is 23.4 Å². The van der Waals surface area contributed by atoms with Gasteiger partial charge in [0.15, 0.2) is 0 Å². The lowest BCUT2D eigenvalue weighted by atomic mass is 9.88. The Morgan fingerprint density at radius 3 is 2.45 bits per heavy atom. The molecule has 1 heterocycles. The Kier molecular flexibility index (Phi) is 6.14. The molecular weight excluding hydrogens is 386 g/mol. The van der Waals surface area contributed by atoms with Crippen LogP contribution in [-0.4, -0.2) is 49.3 Å². The highest BCUT2D eigenvalue weighted by Crippen LogP contribution is 2.39. The molecule has 0 saturated heterocycles. The number of fused-ring (bicyclic) bond motifs is 1. The van der Waals surface area contributed by atoms with Gasteiger partial charge in [-0.3, -0.25) is 9.79 Å². The number of nitrogens with zero attached hydrogens (tertiary/aromatic N) is 2. The van der Waals surface area contributed by atoms with Crippen molar-refractivity contribution in [3.05, 3.63) is 89.0 Å². The number of phenols is 1. The third-order valence-electron chi connectivity index (χ3n) is 5.54. The predicted molar refractivity (Wildman–Crippen MR) is 126 cm³/mol. The molecule has 0 bridgehead atoms. The minimum atomic E-state index is -0.0509. The van der Waals surface area contributed by atoms with Crippen LogP contribution in [0.3, 0.4) is 0 Å². The molecule has 0 radical (unpaired) electrons. The number of amides is 1. The van der Waals surface area contributed by atoms with E-state index < -0.39 is 0 Å². The Balaban J connectivity index is 1.45. The normalized spacial score (nSPS) is 17.1. The second-order valence-corrected chi connectivity index (χ2v) is 8.11. The van der Waals surface area contributed by atoms with Crippen LogP contribution in [0.5, 0.6) is 5.75 Å². The van der Waals surface area contributed by atoms with E-state index in [1.807, 2.05) is 56.7 Å². The van der Waals surface area contributed by atoms with Crippen LogP contribution >= 0.6 is 0 Å². The molecule has 158 valence electrons. The van der Waals surface area contributed by atoms with Gasteiger partial charge in [0.1, 0.15) is 5.75 Å². The van der Waals surface area contributed by atoms with E-state index in [9.17, 15) is 9.90 Å². The summed E-state index contributed by atoms with van der Waals surface area (Å²) >= 11 is 0. The highest BCUT2D eigenvalue weighted by molar-refractivity contribution is 5.98. The number of carbonyl (C=O) groups excluding carboxylic acids is 1. The molecule has 2 aromatic carbocycles. The van der Waals surface area contributed by atoms with Gasteiger partial charge in [-0.05, 0) is 79.7 Å². The van der Waals surface area contributed by atoms with Crippen LogP contribution in [0.2, 0.25) is 0 Å². The lowest BCUT2D eigenvalue weighted by Gasteiger charge is -2.19. The molecule has 0 aromatic heterocycles. The molecule has 2 N–H and O–H groups in total. The number of rotatable bonds is 7. The summed E-state index contributed by atoms with van der Waals surface area (Å²) in [5.74, 6) is 0.348. The van der Waals surface area contributed by atoms with Crippen molar-refractivity contribution in [1.82, 2.24) is 10.2 Å². The number of carbonyl (C=O) groups is 1. The fourth-order valence-corrected chi connectivity index (χ4v) is 3.82. The van der Waals surface area contributed by atoms with Crippen molar-refractivity contribution in [2.75, 3.05) is 27.2 Å². The maximum Gasteiger partial charge on any atom is 0.251 e. The van der Waals surface area contributed by atoms with E-state index in [2.05, 4.69) is 33.4 Å². The minimum absolute atomic E-state index is 0.0509. The number of phenolic OH excluding ortho intramolecular Hbond substituents is 1. The topological polar surface area (TPSA) is 64.9 Å². The van der Waals surface area contributed by atoms with Gasteiger partial charge in [-0.2, -0.15) is 0 Å². The number of aromatic hydroxyl groups is 1. The number of benzene rings is 2. The first-order valence-corrected chi connectivity index (χ1v) is 10.5. The minimum Gasteiger partial charge on any atom is -0.508 e. The largest absolute Gasteiger partial charge is 0.508 e. The van der Waals surface area contributed by atoms with Crippen LogP contribution in [-0.2, 0) is 0 Å². The van der Waals surface area contributed by atoms with E-state index >= 15 is 0 Å². The van der Waals surface area contributed by atoms with E-state index in [4.69, 9.17) is 0 Å². The van der Waals surface area contributed by atoms with Gasteiger partial charge in [0, 0.05) is 24.2 Å². The van der Waals surface area contributed by atoms with E-state index in [1.54, 1.807) is 12.1 Å². The number of allylic oxidation sites excluding steroid dienone is 5. The molecule has 1 aliphatic carbocycles. The molecule has 4 rings (SSSR count). The summed E-state index contributed by atoms with van der Waals surface area (Å²) in [6, 6.07) is 14.9. The second-order valence-electron chi connectivity index (χ2n) is 8.11. The van der Waals surface area contributed by atoms with Crippen LogP contribution in [0.4, 0.5) is 0 Å². The first-order valence-electron chi connectivity index (χ1n) is 10.5. The highest BCUT2D eigenvalue weighted by atomic mass is 16.3. The van der Waals surface area contributed by atoms with Crippen molar-refractivity contribution in [2.45, 2.75) is 6.42 Å². The van der Waals surface area contributed by atoms with Crippen molar-refractivity contribution in [3.8, 4) is 5.75 Å². The molecule has 1 amide bonds. The van der Waals surface area contributed by atoms with E-state index in [0.717, 1.165) is 35.4 Å². The quantitative estimate of drug-likeness (QED) is 0.671. The van der Waals surface area contributed by atoms with E-state index in [1.165, 1.54) is 5.57 Å². The predicted octanol–water partition coefficient (Wildman–Crippen LogP) is 4.14. The Labute approximate surface area is 183 Å². The standard InChI is InChI=1S/C26H27N3O2/c1-29(2)15-3-14-27-26(31)20-6-4-19(5-7-20)25-16-24-21(17-28-25)10-13-23(24)18-8-11-22(30)12-9-18/h4-13,16-17,24,30H,3,14-15H2,1-2H3,(H,27,31). The Bertz CT molecular complexity index is 1070. The Hall–Kier alpha value is -3.44. The molecule has 0 fully saturated rings. The molecule has 5 heteroatoms. The molecule has 2 aromatic rings. The average Bonchev–Trinajstić information content (AvgIpc) is 3.20. The molecule has 31 heavy (non-hydrogen) atoms. The van der Waals surface area contributed by atoms with Crippen molar-refractivity contribution in [1.29, 1.82) is 0 Å². The van der Waals surface area contributed by atoms with Gasteiger partial charge < -0.3 is 15.3 Å². The summed E-state index contributed by atoms with van der Waals surface area (Å²) in [5, 5.41) is 12.5. The third kappa shape index (κ3) is 4.84. The SMILES string of the molecule is CN(C)CCCNC(=O)c1ccc(C2=CC3C(=CC=C3c3ccc(O)cc3)C=N2)cc1. The maximum atomic E-state index is 12.3. The molecule has 5 nitrogen and oxygen atoms in total. The summed E-state index contributed by atoms with van der Waals surface area (Å²) in [6.45, 7) is 1.61. The van der Waals surface area contributed by atoms with Gasteiger partial charge in [-0.1, -0.05) is 36.4 Å². The molecule has 2 aliphatic rings.